The summed E-state index contributed by atoms with van der Waals surface area (Å²) in [4.78, 5) is 2.37. The van der Waals surface area contributed by atoms with Gasteiger partial charge in [0.25, 0.3) is 0 Å². The molecule has 0 aliphatic carbocycles. The highest BCUT2D eigenvalue weighted by Crippen LogP contribution is 2.23. The van der Waals surface area contributed by atoms with Gasteiger partial charge >= 0.3 is 0 Å². The monoisotopic (exact) mass is 345 g/mol. The molecule has 4 rings (SSSR count). The zero-order valence-electron chi connectivity index (χ0n) is 14.3. The highest BCUT2D eigenvalue weighted by atomic mass is 19.1. The lowest BCUT2D eigenvalue weighted by Gasteiger charge is -2.41. The van der Waals surface area contributed by atoms with E-state index in [1.165, 1.54) is 6.07 Å². The number of ether oxygens (including phenoxy) is 2. The molecule has 6 heteroatoms. The first kappa shape index (κ1) is 16.7. The van der Waals surface area contributed by atoms with Gasteiger partial charge in [0.1, 0.15) is 11.4 Å². The molecule has 1 spiro atoms. The zero-order valence-corrected chi connectivity index (χ0v) is 14.3. The summed E-state index contributed by atoms with van der Waals surface area (Å²) < 4.78 is 27.9. The normalized spacial score (nSPS) is 25.2. The average Bonchev–Trinajstić information content (AvgIpc) is 2.95. The van der Waals surface area contributed by atoms with Gasteiger partial charge in [-0.05, 0) is 24.3 Å². The molecule has 0 saturated carbocycles. The van der Waals surface area contributed by atoms with E-state index in [-0.39, 0.29) is 11.4 Å². The molecule has 25 heavy (non-hydrogen) atoms. The second kappa shape index (κ2) is 7.25. The number of benzene rings is 1. The van der Waals surface area contributed by atoms with Crippen molar-refractivity contribution in [2.24, 2.45) is 0 Å². The summed E-state index contributed by atoms with van der Waals surface area (Å²) in [6, 6.07) is 10.9. The molecule has 1 N–H and O–H groups in total. The van der Waals surface area contributed by atoms with Gasteiger partial charge in [0, 0.05) is 44.6 Å². The number of rotatable bonds is 3. The molecule has 1 atom stereocenters. The van der Waals surface area contributed by atoms with Crippen LogP contribution in [0.3, 0.4) is 0 Å². The van der Waals surface area contributed by atoms with E-state index >= 15 is 0 Å². The summed E-state index contributed by atoms with van der Waals surface area (Å²) in [6.45, 7) is 6.12. The summed E-state index contributed by atoms with van der Waals surface area (Å²) in [6.07, 6.45) is 1.92. The van der Waals surface area contributed by atoms with Crippen molar-refractivity contribution in [1.82, 2.24) is 14.8 Å². The molecule has 2 aromatic rings. The van der Waals surface area contributed by atoms with Gasteiger partial charge in [-0.3, -0.25) is 4.90 Å². The van der Waals surface area contributed by atoms with E-state index < -0.39 is 0 Å². The SMILES string of the molecule is Fc1ccccc1-n1cccc1CN1CCO[C@@]2(CNCCOC2)C1. The summed E-state index contributed by atoms with van der Waals surface area (Å²) in [7, 11) is 0. The predicted molar refractivity (Wildman–Crippen MR) is 93.4 cm³/mol. The fourth-order valence-corrected chi connectivity index (χ4v) is 3.68. The number of nitrogens with one attached hydrogen (secondary N) is 1. The van der Waals surface area contributed by atoms with Gasteiger partial charge in [-0.15, -0.1) is 0 Å². The average molecular weight is 345 g/mol. The summed E-state index contributed by atoms with van der Waals surface area (Å²) in [5.74, 6) is -0.209. The van der Waals surface area contributed by atoms with Crippen LogP contribution in [-0.2, 0) is 16.0 Å². The van der Waals surface area contributed by atoms with E-state index in [1.54, 1.807) is 6.07 Å². The van der Waals surface area contributed by atoms with Crippen molar-refractivity contribution in [3.63, 3.8) is 0 Å². The fraction of sp³-hybridized carbons (Fsp3) is 0.474. The molecule has 134 valence electrons. The molecule has 2 saturated heterocycles. The van der Waals surface area contributed by atoms with E-state index in [2.05, 4.69) is 16.3 Å². The molecule has 1 aromatic heterocycles. The van der Waals surface area contributed by atoms with Crippen molar-refractivity contribution >= 4 is 0 Å². The molecule has 5 nitrogen and oxygen atoms in total. The Morgan fingerprint density at radius 3 is 3.00 bits per heavy atom. The third-order valence-corrected chi connectivity index (χ3v) is 4.89. The van der Waals surface area contributed by atoms with Gasteiger partial charge in [0.2, 0.25) is 0 Å². The van der Waals surface area contributed by atoms with Crippen LogP contribution in [0.2, 0.25) is 0 Å². The number of halogens is 1. The minimum Gasteiger partial charge on any atom is -0.377 e. The number of para-hydroxylation sites is 1. The summed E-state index contributed by atoms with van der Waals surface area (Å²) in [5, 5.41) is 3.40. The van der Waals surface area contributed by atoms with Gasteiger partial charge in [-0.2, -0.15) is 0 Å². The van der Waals surface area contributed by atoms with Gasteiger partial charge in [0.05, 0.1) is 25.5 Å². The third-order valence-electron chi connectivity index (χ3n) is 4.89. The first-order chi connectivity index (χ1) is 12.3. The Labute approximate surface area is 147 Å². The van der Waals surface area contributed by atoms with Crippen LogP contribution in [0.15, 0.2) is 42.6 Å². The van der Waals surface area contributed by atoms with Gasteiger partial charge in [-0.25, -0.2) is 4.39 Å². The number of hydrogen-bond acceptors (Lipinski definition) is 4. The number of nitrogens with zero attached hydrogens (tertiary/aromatic N) is 2. The van der Waals surface area contributed by atoms with E-state index in [9.17, 15) is 4.39 Å². The number of aromatic nitrogens is 1. The lowest BCUT2D eigenvalue weighted by molar-refractivity contribution is -0.135. The maximum Gasteiger partial charge on any atom is 0.147 e. The van der Waals surface area contributed by atoms with E-state index in [4.69, 9.17) is 9.47 Å². The molecule has 2 fully saturated rings. The number of morpholine rings is 1. The van der Waals surface area contributed by atoms with E-state index in [0.717, 1.165) is 45.0 Å². The van der Waals surface area contributed by atoms with Crippen molar-refractivity contribution < 1.29 is 13.9 Å². The Bertz CT molecular complexity index is 710. The molecular formula is C19H24FN3O2. The van der Waals surface area contributed by atoms with Crippen LogP contribution in [0.5, 0.6) is 0 Å². The lowest BCUT2D eigenvalue weighted by Crippen LogP contribution is -2.57. The predicted octanol–water partition coefficient (Wildman–Crippen LogP) is 1.81. The van der Waals surface area contributed by atoms with Crippen LogP contribution in [0.4, 0.5) is 4.39 Å². The van der Waals surface area contributed by atoms with Crippen molar-refractivity contribution in [2.45, 2.75) is 12.1 Å². The Balaban J connectivity index is 1.51. The molecular weight excluding hydrogens is 321 g/mol. The molecule has 0 bridgehead atoms. The second-order valence-corrected chi connectivity index (χ2v) is 6.79. The van der Waals surface area contributed by atoms with Crippen LogP contribution in [0.25, 0.3) is 5.69 Å². The standard InChI is InChI=1S/C19H24FN3O2/c20-17-5-1-2-6-18(17)23-8-3-4-16(23)12-22-9-11-25-19(14-22)13-21-7-10-24-15-19/h1-6,8,21H,7,9-15H2/t19-/m0/s1. The van der Waals surface area contributed by atoms with Crippen LogP contribution in [0.1, 0.15) is 5.69 Å². The second-order valence-electron chi connectivity index (χ2n) is 6.79. The first-order valence-electron chi connectivity index (χ1n) is 8.82. The lowest BCUT2D eigenvalue weighted by atomic mass is 10.0. The van der Waals surface area contributed by atoms with Crippen LogP contribution in [-0.4, -0.2) is 61.1 Å². The smallest absolute Gasteiger partial charge is 0.147 e. The van der Waals surface area contributed by atoms with E-state index in [0.29, 0.717) is 18.9 Å². The fourth-order valence-electron chi connectivity index (χ4n) is 3.68. The van der Waals surface area contributed by atoms with Gasteiger partial charge < -0.3 is 19.4 Å². The highest BCUT2D eigenvalue weighted by Gasteiger charge is 2.38. The topological polar surface area (TPSA) is 38.7 Å². The third kappa shape index (κ3) is 3.62. The summed E-state index contributed by atoms with van der Waals surface area (Å²) >= 11 is 0. The Morgan fingerprint density at radius 2 is 2.08 bits per heavy atom. The maximum absolute atomic E-state index is 14.2. The molecule has 2 aliphatic rings. The molecule has 2 aliphatic heterocycles. The van der Waals surface area contributed by atoms with Crippen molar-refractivity contribution in [3.05, 3.63) is 54.1 Å². The van der Waals surface area contributed by atoms with Crippen LogP contribution < -0.4 is 5.32 Å². The van der Waals surface area contributed by atoms with Crippen LogP contribution in [0, 0.1) is 5.82 Å². The largest absolute Gasteiger partial charge is 0.377 e. The molecule has 3 heterocycles. The maximum atomic E-state index is 14.2. The van der Waals surface area contributed by atoms with Gasteiger partial charge in [0.15, 0.2) is 0 Å². The number of hydrogen-bond donors (Lipinski definition) is 1. The molecule has 0 amide bonds. The van der Waals surface area contributed by atoms with Gasteiger partial charge in [-0.1, -0.05) is 12.1 Å². The van der Waals surface area contributed by atoms with Crippen LogP contribution >= 0.6 is 0 Å². The minimum absolute atomic E-state index is 0.209. The van der Waals surface area contributed by atoms with E-state index in [1.807, 2.05) is 29.0 Å². The molecule has 0 unspecified atom stereocenters. The Hall–Kier alpha value is -1.73. The Morgan fingerprint density at radius 1 is 1.16 bits per heavy atom. The molecule has 0 radical (unpaired) electrons. The summed E-state index contributed by atoms with van der Waals surface area (Å²) in [5.41, 5.74) is 1.37. The Kier molecular flexibility index (Phi) is 4.85. The molecule has 1 aromatic carbocycles. The zero-order chi connectivity index (χ0) is 17.1. The first-order valence-corrected chi connectivity index (χ1v) is 8.82. The minimum atomic E-state index is -0.288. The highest BCUT2D eigenvalue weighted by molar-refractivity contribution is 5.36. The quantitative estimate of drug-likeness (QED) is 0.921. The van der Waals surface area contributed by atoms with Crippen molar-refractivity contribution in [1.29, 1.82) is 0 Å². The van der Waals surface area contributed by atoms with Crippen molar-refractivity contribution in [3.8, 4) is 5.69 Å². The van der Waals surface area contributed by atoms with Crippen molar-refractivity contribution in [2.75, 3.05) is 46.0 Å².